The number of carbonyl (C=O) groups excluding carboxylic acids is 2. The number of aldehydes is 1. The molecule has 0 saturated carbocycles. The Balaban J connectivity index is 3.46. The van der Waals surface area contributed by atoms with Crippen LogP contribution in [-0.2, 0) is 0 Å². The zero-order chi connectivity index (χ0) is 12.3. The summed E-state index contributed by atoms with van der Waals surface area (Å²) >= 11 is 7.08. The largest absolute Gasteiger partial charge is 0.298 e. The lowest BCUT2D eigenvalue weighted by molar-refractivity contribution is -0.385. The average Bonchev–Trinajstić information content (AvgIpc) is 2.27. The average molecular weight is 353 g/mol. The smallest absolute Gasteiger partial charge is 0.283 e. The van der Waals surface area contributed by atoms with Crippen LogP contribution in [0, 0.1) is 13.7 Å². The van der Waals surface area contributed by atoms with E-state index in [9.17, 15) is 19.7 Å². The highest BCUT2D eigenvalue weighted by atomic mass is 127. The fourth-order valence-electron chi connectivity index (χ4n) is 1.13. The van der Waals surface area contributed by atoms with Gasteiger partial charge in [-0.3, -0.25) is 19.7 Å². The van der Waals surface area contributed by atoms with Crippen LogP contribution in [0.3, 0.4) is 0 Å². The summed E-state index contributed by atoms with van der Waals surface area (Å²) in [5, 5.41) is 10.7. The standard InChI is InChI=1S/C9H5ClINO4/c10-3-9(14)6-2-8(12(15)16)7(11)1-5(6)4-13/h1-2,4H,3H2. The molecule has 1 aromatic carbocycles. The summed E-state index contributed by atoms with van der Waals surface area (Å²) in [6.07, 6.45) is 0.478. The Morgan fingerprint density at radius 3 is 2.62 bits per heavy atom. The van der Waals surface area contributed by atoms with Crippen molar-refractivity contribution in [3.05, 3.63) is 36.9 Å². The van der Waals surface area contributed by atoms with Crippen molar-refractivity contribution in [3.8, 4) is 0 Å². The second-order valence-electron chi connectivity index (χ2n) is 2.82. The molecule has 0 bridgehead atoms. The minimum absolute atomic E-state index is 0.0166. The molecule has 5 nitrogen and oxygen atoms in total. The lowest BCUT2D eigenvalue weighted by atomic mass is 10.0. The summed E-state index contributed by atoms with van der Waals surface area (Å²) in [5.74, 6) is -0.832. The number of alkyl halides is 1. The van der Waals surface area contributed by atoms with E-state index in [0.29, 0.717) is 9.86 Å². The van der Waals surface area contributed by atoms with Crippen LogP contribution >= 0.6 is 34.2 Å². The van der Waals surface area contributed by atoms with E-state index >= 15 is 0 Å². The minimum atomic E-state index is -0.610. The third-order valence-electron chi connectivity index (χ3n) is 1.86. The van der Waals surface area contributed by atoms with E-state index in [1.54, 1.807) is 22.6 Å². The Morgan fingerprint density at radius 2 is 2.19 bits per heavy atom. The lowest BCUT2D eigenvalue weighted by Crippen LogP contribution is -2.07. The normalized spacial score (nSPS) is 9.88. The second-order valence-corrected chi connectivity index (χ2v) is 4.25. The van der Waals surface area contributed by atoms with Crippen molar-refractivity contribution in [2.24, 2.45) is 0 Å². The van der Waals surface area contributed by atoms with Gasteiger partial charge in [-0.25, -0.2) is 0 Å². The Bertz CT molecular complexity index is 475. The molecule has 1 rings (SSSR count). The van der Waals surface area contributed by atoms with Gasteiger partial charge in [0, 0.05) is 17.2 Å². The Hall–Kier alpha value is -1.02. The van der Waals surface area contributed by atoms with Crippen LogP contribution in [0.1, 0.15) is 20.7 Å². The van der Waals surface area contributed by atoms with Crippen molar-refractivity contribution < 1.29 is 14.5 Å². The van der Waals surface area contributed by atoms with Gasteiger partial charge >= 0.3 is 0 Å². The van der Waals surface area contributed by atoms with Crippen LogP contribution in [-0.4, -0.2) is 22.9 Å². The number of nitro benzene ring substituents is 1. The molecule has 0 unspecified atom stereocenters. The van der Waals surface area contributed by atoms with Gasteiger partial charge in [0.05, 0.1) is 14.4 Å². The first-order valence-electron chi connectivity index (χ1n) is 4.03. The summed E-state index contributed by atoms with van der Waals surface area (Å²) in [7, 11) is 0. The van der Waals surface area contributed by atoms with E-state index < -0.39 is 10.7 Å². The summed E-state index contributed by atoms with van der Waals surface area (Å²) in [5.41, 5.74) is -0.113. The summed E-state index contributed by atoms with van der Waals surface area (Å²) in [4.78, 5) is 32.1. The first-order valence-corrected chi connectivity index (χ1v) is 5.65. The van der Waals surface area contributed by atoms with Crippen molar-refractivity contribution in [3.63, 3.8) is 0 Å². The molecule has 0 atom stereocenters. The lowest BCUT2D eigenvalue weighted by Gasteiger charge is -2.03. The second kappa shape index (κ2) is 5.35. The van der Waals surface area contributed by atoms with Crippen LogP contribution < -0.4 is 0 Å². The highest BCUT2D eigenvalue weighted by molar-refractivity contribution is 14.1. The van der Waals surface area contributed by atoms with E-state index in [1.165, 1.54) is 6.07 Å². The molecule has 0 spiro atoms. The van der Waals surface area contributed by atoms with Gasteiger partial charge in [-0.15, -0.1) is 11.6 Å². The molecule has 0 heterocycles. The van der Waals surface area contributed by atoms with Gasteiger partial charge in [-0.05, 0) is 28.7 Å². The van der Waals surface area contributed by atoms with E-state index in [1.807, 2.05) is 0 Å². The van der Waals surface area contributed by atoms with E-state index in [0.717, 1.165) is 6.07 Å². The molecule has 0 fully saturated rings. The predicted molar refractivity (Wildman–Crippen MR) is 66.3 cm³/mol. The fourth-order valence-corrected chi connectivity index (χ4v) is 1.96. The van der Waals surface area contributed by atoms with Gasteiger partial charge in [0.2, 0.25) is 0 Å². The Morgan fingerprint density at radius 1 is 1.56 bits per heavy atom. The Labute approximate surface area is 109 Å². The Kier molecular flexibility index (Phi) is 4.36. The molecular weight excluding hydrogens is 348 g/mol. The molecule has 0 aliphatic carbocycles. The molecule has 7 heteroatoms. The molecule has 0 aliphatic rings. The van der Waals surface area contributed by atoms with Crippen molar-refractivity contribution in [2.75, 3.05) is 5.88 Å². The quantitative estimate of drug-likeness (QED) is 0.208. The summed E-state index contributed by atoms with van der Waals surface area (Å²) in [6.45, 7) is 0. The topological polar surface area (TPSA) is 77.3 Å². The van der Waals surface area contributed by atoms with Gasteiger partial charge in [0.1, 0.15) is 0 Å². The molecule has 16 heavy (non-hydrogen) atoms. The zero-order valence-electron chi connectivity index (χ0n) is 7.78. The summed E-state index contributed by atoms with van der Waals surface area (Å²) < 4.78 is 0.302. The molecule has 0 aromatic heterocycles. The number of halogens is 2. The van der Waals surface area contributed by atoms with Crippen molar-refractivity contribution in [1.29, 1.82) is 0 Å². The number of carbonyl (C=O) groups is 2. The van der Waals surface area contributed by atoms with Gasteiger partial charge in [0.25, 0.3) is 5.69 Å². The highest BCUT2D eigenvalue weighted by Gasteiger charge is 2.19. The molecule has 0 aliphatic heterocycles. The van der Waals surface area contributed by atoms with E-state index in [2.05, 4.69) is 0 Å². The van der Waals surface area contributed by atoms with E-state index in [4.69, 9.17) is 11.6 Å². The third-order valence-corrected chi connectivity index (χ3v) is 2.97. The maximum atomic E-state index is 11.4. The third kappa shape index (κ3) is 2.56. The molecule has 84 valence electrons. The number of hydrogen-bond acceptors (Lipinski definition) is 4. The van der Waals surface area contributed by atoms with Crippen LogP contribution in [0.15, 0.2) is 12.1 Å². The monoisotopic (exact) mass is 353 g/mol. The maximum absolute atomic E-state index is 11.4. The van der Waals surface area contributed by atoms with Crippen LogP contribution in [0.5, 0.6) is 0 Å². The molecular formula is C9H5ClINO4. The SMILES string of the molecule is O=Cc1cc(I)c([N+](=O)[O-])cc1C(=O)CCl. The first kappa shape index (κ1) is 13.0. The fraction of sp³-hybridized carbons (Fsp3) is 0.111. The number of benzene rings is 1. The van der Waals surface area contributed by atoms with Gasteiger partial charge in [0.15, 0.2) is 12.1 Å². The highest BCUT2D eigenvalue weighted by Crippen LogP contribution is 2.25. The molecule has 0 N–H and O–H groups in total. The molecule has 1 aromatic rings. The first-order chi connectivity index (χ1) is 7.51. The van der Waals surface area contributed by atoms with Gasteiger partial charge in [-0.1, -0.05) is 0 Å². The van der Waals surface area contributed by atoms with Crippen molar-refractivity contribution in [1.82, 2.24) is 0 Å². The zero-order valence-corrected chi connectivity index (χ0v) is 10.7. The molecule has 0 saturated heterocycles. The number of hydrogen-bond donors (Lipinski definition) is 0. The maximum Gasteiger partial charge on any atom is 0.283 e. The predicted octanol–water partition coefficient (Wildman–Crippen LogP) is 2.43. The van der Waals surface area contributed by atoms with Gasteiger partial charge in [-0.2, -0.15) is 0 Å². The molecule has 0 radical (unpaired) electrons. The van der Waals surface area contributed by atoms with Gasteiger partial charge < -0.3 is 0 Å². The van der Waals surface area contributed by atoms with E-state index in [-0.39, 0.29) is 22.7 Å². The number of nitrogens with zero attached hydrogens (tertiary/aromatic N) is 1. The summed E-state index contributed by atoms with van der Waals surface area (Å²) in [6, 6.07) is 2.38. The minimum Gasteiger partial charge on any atom is -0.298 e. The van der Waals surface area contributed by atoms with Crippen molar-refractivity contribution in [2.45, 2.75) is 0 Å². The number of Topliss-reactive ketones (excluding diaryl/α,β-unsaturated/α-hetero) is 1. The molecule has 0 amide bonds. The number of nitro groups is 1. The van der Waals surface area contributed by atoms with Crippen molar-refractivity contribution >= 4 is 51.9 Å². The van der Waals surface area contributed by atoms with Crippen LogP contribution in [0.4, 0.5) is 5.69 Å². The van der Waals surface area contributed by atoms with Crippen LogP contribution in [0.25, 0.3) is 0 Å². The van der Waals surface area contributed by atoms with Crippen LogP contribution in [0.2, 0.25) is 0 Å². The number of rotatable bonds is 4. The number of ketones is 1.